The summed E-state index contributed by atoms with van der Waals surface area (Å²) >= 11 is 0. The quantitative estimate of drug-likeness (QED) is 0.771. The van der Waals surface area contributed by atoms with Crippen LogP contribution in [0.1, 0.15) is 5.56 Å². The predicted molar refractivity (Wildman–Crippen MR) is 69.2 cm³/mol. The van der Waals surface area contributed by atoms with E-state index in [9.17, 15) is 4.79 Å². The van der Waals surface area contributed by atoms with Gasteiger partial charge in [0.15, 0.2) is 0 Å². The summed E-state index contributed by atoms with van der Waals surface area (Å²) in [4.78, 5) is 14.8. The van der Waals surface area contributed by atoms with E-state index >= 15 is 0 Å². The van der Waals surface area contributed by atoms with Gasteiger partial charge < -0.3 is 10.8 Å². The topological polar surface area (TPSA) is 88.2 Å². The summed E-state index contributed by atoms with van der Waals surface area (Å²) in [5.41, 5.74) is 8.20. The molecule has 0 spiro atoms. The summed E-state index contributed by atoms with van der Waals surface area (Å²) in [6.45, 7) is 0.494. The molecule has 1 heterocycles. The summed E-state index contributed by atoms with van der Waals surface area (Å²) in [6, 6.07) is 12.9. The molecule has 0 radical (unpaired) electrons. The van der Waals surface area contributed by atoms with Crippen LogP contribution in [0.3, 0.4) is 0 Å². The van der Waals surface area contributed by atoms with Crippen LogP contribution in [0.25, 0.3) is 11.3 Å². The average molecular weight is 243 g/mol. The molecule has 0 saturated heterocycles. The fourth-order valence-electron chi connectivity index (χ4n) is 1.59. The van der Waals surface area contributed by atoms with E-state index in [4.69, 9.17) is 10.8 Å². The lowest BCUT2D eigenvalue weighted by molar-refractivity contribution is 0.209. The number of benzene rings is 1. The molecule has 0 aliphatic rings. The number of nitrogens with one attached hydrogen (secondary N) is 1. The Kier molecular flexibility index (Phi) is 3.54. The van der Waals surface area contributed by atoms with E-state index in [-0.39, 0.29) is 0 Å². The first-order valence-corrected chi connectivity index (χ1v) is 5.45. The maximum Gasteiger partial charge on any atom is 0.410 e. The molecule has 0 atom stereocenters. The van der Waals surface area contributed by atoms with Crippen LogP contribution in [-0.2, 0) is 6.54 Å². The number of anilines is 1. The number of carboxylic acid groups (broad SMARTS) is 1. The lowest BCUT2D eigenvalue weighted by Crippen LogP contribution is -2.08. The molecule has 0 saturated carbocycles. The molecule has 0 aliphatic heterocycles. The van der Waals surface area contributed by atoms with Crippen LogP contribution in [0, 0.1) is 0 Å². The number of pyridine rings is 1. The Morgan fingerprint density at radius 3 is 2.56 bits per heavy atom. The maximum atomic E-state index is 10.5. The van der Waals surface area contributed by atoms with Crippen molar-refractivity contribution >= 4 is 11.9 Å². The molecular weight excluding hydrogens is 230 g/mol. The van der Waals surface area contributed by atoms with Gasteiger partial charge in [-0.3, -0.25) is 5.32 Å². The van der Waals surface area contributed by atoms with Crippen molar-refractivity contribution in [1.29, 1.82) is 0 Å². The highest BCUT2D eigenvalue weighted by Crippen LogP contribution is 2.19. The summed E-state index contributed by atoms with van der Waals surface area (Å²) < 4.78 is 0. The normalized spacial score (nSPS) is 10.1. The van der Waals surface area contributed by atoms with Crippen LogP contribution in [0.2, 0.25) is 0 Å². The average Bonchev–Trinajstić information content (AvgIpc) is 2.38. The second-order valence-electron chi connectivity index (χ2n) is 3.74. The fourth-order valence-corrected chi connectivity index (χ4v) is 1.59. The van der Waals surface area contributed by atoms with E-state index in [1.165, 1.54) is 0 Å². The van der Waals surface area contributed by atoms with Crippen molar-refractivity contribution in [2.75, 3.05) is 5.32 Å². The summed E-state index contributed by atoms with van der Waals surface area (Å²) in [6.07, 6.45) is -1.13. The first kappa shape index (κ1) is 12.1. The first-order chi connectivity index (χ1) is 8.69. The standard InChI is InChI=1S/C13H13N3O2/c14-8-9-4-6-10(7-5-9)11-2-1-3-12(15-11)16-13(17)18/h1-7H,8,14H2,(H,15,16)(H,17,18). The Labute approximate surface area is 104 Å². The van der Waals surface area contributed by atoms with E-state index in [1.807, 2.05) is 30.3 Å². The number of nitrogens with two attached hydrogens (primary N) is 1. The number of hydrogen-bond acceptors (Lipinski definition) is 3. The van der Waals surface area contributed by atoms with Crippen LogP contribution in [0.4, 0.5) is 10.6 Å². The first-order valence-electron chi connectivity index (χ1n) is 5.45. The SMILES string of the molecule is NCc1ccc(-c2cccc(NC(=O)O)n2)cc1. The molecule has 1 amide bonds. The summed E-state index contributed by atoms with van der Waals surface area (Å²) in [5, 5.41) is 10.9. The van der Waals surface area contributed by atoms with Crippen molar-refractivity contribution in [3.8, 4) is 11.3 Å². The molecule has 1 aromatic carbocycles. The molecule has 5 nitrogen and oxygen atoms in total. The lowest BCUT2D eigenvalue weighted by Gasteiger charge is -2.05. The predicted octanol–water partition coefficient (Wildman–Crippen LogP) is 2.30. The molecule has 2 aromatic rings. The third-order valence-corrected chi connectivity index (χ3v) is 2.47. The highest BCUT2D eigenvalue weighted by molar-refractivity contribution is 5.81. The second kappa shape index (κ2) is 5.29. The zero-order valence-electron chi connectivity index (χ0n) is 9.63. The number of amides is 1. The zero-order chi connectivity index (χ0) is 13.0. The molecule has 5 heteroatoms. The molecule has 0 bridgehead atoms. The van der Waals surface area contributed by atoms with Gasteiger partial charge in [-0.2, -0.15) is 0 Å². The third kappa shape index (κ3) is 2.83. The summed E-state index contributed by atoms with van der Waals surface area (Å²) in [7, 11) is 0. The number of aromatic nitrogens is 1. The van der Waals surface area contributed by atoms with Crippen molar-refractivity contribution in [2.45, 2.75) is 6.54 Å². The van der Waals surface area contributed by atoms with Crippen LogP contribution >= 0.6 is 0 Å². The minimum Gasteiger partial charge on any atom is -0.465 e. The number of hydrogen-bond donors (Lipinski definition) is 3. The van der Waals surface area contributed by atoms with Crippen LogP contribution in [0.5, 0.6) is 0 Å². The Balaban J connectivity index is 2.29. The monoisotopic (exact) mass is 243 g/mol. The van der Waals surface area contributed by atoms with Crippen molar-refractivity contribution in [3.05, 3.63) is 48.0 Å². The van der Waals surface area contributed by atoms with Gasteiger partial charge in [0.05, 0.1) is 5.69 Å². The number of carbonyl (C=O) groups is 1. The Bertz CT molecular complexity index is 552. The van der Waals surface area contributed by atoms with Gasteiger partial charge in [-0.05, 0) is 17.7 Å². The highest BCUT2D eigenvalue weighted by atomic mass is 16.4. The fraction of sp³-hybridized carbons (Fsp3) is 0.0769. The molecular formula is C13H13N3O2. The van der Waals surface area contributed by atoms with Gasteiger partial charge in [-0.1, -0.05) is 30.3 Å². The van der Waals surface area contributed by atoms with Crippen molar-refractivity contribution in [3.63, 3.8) is 0 Å². The van der Waals surface area contributed by atoms with E-state index < -0.39 is 6.09 Å². The van der Waals surface area contributed by atoms with Gasteiger partial charge in [-0.25, -0.2) is 9.78 Å². The van der Waals surface area contributed by atoms with Crippen molar-refractivity contribution in [1.82, 2.24) is 4.98 Å². The summed E-state index contributed by atoms with van der Waals surface area (Å²) in [5.74, 6) is 0.308. The molecule has 4 N–H and O–H groups in total. The largest absolute Gasteiger partial charge is 0.465 e. The zero-order valence-corrected chi connectivity index (χ0v) is 9.63. The van der Waals surface area contributed by atoms with Gasteiger partial charge >= 0.3 is 6.09 Å². The van der Waals surface area contributed by atoms with Gasteiger partial charge in [0.2, 0.25) is 0 Å². The Morgan fingerprint density at radius 2 is 1.94 bits per heavy atom. The second-order valence-corrected chi connectivity index (χ2v) is 3.74. The van der Waals surface area contributed by atoms with Gasteiger partial charge in [-0.15, -0.1) is 0 Å². The molecule has 92 valence electrons. The van der Waals surface area contributed by atoms with Crippen LogP contribution < -0.4 is 11.1 Å². The lowest BCUT2D eigenvalue weighted by atomic mass is 10.1. The number of nitrogens with zero attached hydrogens (tertiary/aromatic N) is 1. The van der Waals surface area contributed by atoms with Crippen LogP contribution in [-0.4, -0.2) is 16.2 Å². The molecule has 18 heavy (non-hydrogen) atoms. The van der Waals surface area contributed by atoms with Crippen molar-refractivity contribution < 1.29 is 9.90 Å². The van der Waals surface area contributed by atoms with Gasteiger partial charge in [0.25, 0.3) is 0 Å². The van der Waals surface area contributed by atoms with E-state index in [2.05, 4.69) is 10.3 Å². The van der Waals surface area contributed by atoms with E-state index in [1.54, 1.807) is 12.1 Å². The van der Waals surface area contributed by atoms with Gasteiger partial charge in [0, 0.05) is 12.1 Å². The molecule has 2 rings (SSSR count). The molecule has 0 aliphatic carbocycles. The molecule has 1 aromatic heterocycles. The molecule has 0 unspecified atom stereocenters. The Hall–Kier alpha value is -2.40. The van der Waals surface area contributed by atoms with Crippen molar-refractivity contribution in [2.24, 2.45) is 5.73 Å². The third-order valence-electron chi connectivity index (χ3n) is 2.47. The van der Waals surface area contributed by atoms with Gasteiger partial charge in [0.1, 0.15) is 5.82 Å². The minimum atomic E-state index is -1.13. The smallest absolute Gasteiger partial charge is 0.410 e. The highest BCUT2D eigenvalue weighted by Gasteiger charge is 2.03. The minimum absolute atomic E-state index is 0.308. The van der Waals surface area contributed by atoms with Crippen LogP contribution in [0.15, 0.2) is 42.5 Å². The number of rotatable bonds is 3. The van der Waals surface area contributed by atoms with E-state index in [0.717, 1.165) is 11.1 Å². The maximum absolute atomic E-state index is 10.5. The Morgan fingerprint density at radius 1 is 1.22 bits per heavy atom. The molecule has 0 fully saturated rings. The van der Waals surface area contributed by atoms with E-state index in [0.29, 0.717) is 18.1 Å².